The van der Waals surface area contributed by atoms with E-state index in [4.69, 9.17) is 0 Å². The van der Waals surface area contributed by atoms with Crippen molar-refractivity contribution >= 4 is 11.6 Å². The van der Waals surface area contributed by atoms with Crippen LogP contribution >= 0.6 is 0 Å². The first-order valence-electron chi connectivity index (χ1n) is 5.36. The van der Waals surface area contributed by atoms with Crippen molar-refractivity contribution in [3.8, 4) is 0 Å². The number of hydrogen-bond donors (Lipinski definition) is 2. The summed E-state index contributed by atoms with van der Waals surface area (Å²) in [5.74, 6) is -0.103. The second-order valence-corrected chi connectivity index (χ2v) is 2.17. The molecule has 15 heavy (non-hydrogen) atoms. The first-order valence-corrected chi connectivity index (χ1v) is 5.36. The van der Waals surface area contributed by atoms with Gasteiger partial charge in [0.1, 0.15) is 0 Å². The molecule has 0 aliphatic carbocycles. The van der Waals surface area contributed by atoms with E-state index in [1.165, 1.54) is 6.92 Å². The Morgan fingerprint density at radius 1 is 1.00 bits per heavy atom. The minimum atomic E-state index is -0.103. The van der Waals surface area contributed by atoms with Crippen LogP contribution in [0.5, 0.6) is 0 Å². The summed E-state index contributed by atoms with van der Waals surface area (Å²) in [5, 5.41) is 0. The van der Waals surface area contributed by atoms with Crippen molar-refractivity contribution in [3.05, 3.63) is 30.3 Å². The van der Waals surface area contributed by atoms with E-state index < -0.39 is 0 Å². The number of hydrogen-bond acceptors (Lipinski definition) is 2. The average Bonchev–Trinajstić information content (AvgIpc) is 2.33. The molecule has 2 N–H and O–H groups in total. The lowest BCUT2D eigenvalue weighted by Gasteiger charge is -2.04. The molecule has 0 aromatic heterocycles. The van der Waals surface area contributed by atoms with Crippen molar-refractivity contribution in [1.29, 1.82) is 0 Å². The molecule has 1 amide bonds. The fraction of sp³-hybridized carbons (Fsp3) is 0.417. The number of carbonyl (C=O) groups excluding carboxylic acids is 1. The molecule has 1 aromatic rings. The Morgan fingerprint density at radius 3 is 1.87 bits per heavy atom. The molecular formula is C12H22N2O. The number of benzene rings is 1. The van der Waals surface area contributed by atoms with Crippen LogP contribution in [-0.2, 0) is 4.79 Å². The fourth-order valence-electron chi connectivity index (χ4n) is 0.682. The molecule has 0 aliphatic heterocycles. The Balaban J connectivity index is 0. The van der Waals surface area contributed by atoms with Crippen LogP contribution < -0.4 is 10.9 Å². The maximum Gasteiger partial charge on any atom is 0.235 e. The maximum absolute atomic E-state index is 10.4. The van der Waals surface area contributed by atoms with Crippen LogP contribution in [0.25, 0.3) is 0 Å². The molecule has 86 valence electrons. The van der Waals surface area contributed by atoms with Gasteiger partial charge in [0.15, 0.2) is 0 Å². The molecule has 0 unspecified atom stereocenters. The number of carbonyl (C=O) groups is 1. The normalized spacial score (nSPS) is 7.27. The lowest BCUT2D eigenvalue weighted by Crippen LogP contribution is -2.26. The van der Waals surface area contributed by atoms with E-state index in [2.05, 4.69) is 10.9 Å². The number of para-hydroxylation sites is 1. The molecule has 0 fully saturated rings. The molecule has 0 aliphatic rings. The third kappa shape index (κ3) is 10.4. The second-order valence-electron chi connectivity index (χ2n) is 2.17. The van der Waals surface area contributed by atoms with Crippen molar-refractivity contribution in [2.45, 2.75) is 34.6 Å². The van der Waals surface area contributed by atoms with Crippen molar-refractivity contribution in [2.75, 3.05) is 5.43 Å². The van der Waals surface area contributed by atoms with E-state index in [0.717, 1.165) is 5.69 Å². The maximum atomic E-state index is 10.4. The van der Waals surface area contributed by atoms with Gasteiger partial charge in [0, 0.05) is 6.92 Å². The van der Waals surface area contributed by atoms with Crippen LogP contribution in [-0.4, -0.2) is 5.91 Å². The van der Waals surface area contributed by atoms with Crippen molar-refractivity contribution in [2.24, 2.45) is 0 Å². The minimum Gasteiger partial charge on any atom is -0.299 e. The summed E-state index contributed by atoms with van der Waals surface area (Å²) in [7, 11) is 0. The molecule has 0 spiro atoms. The van der Waals surface area contributed by atoms with Gasteiger partial charge in [-0.3, -0.25) is 15.6 Å². The highest BCUT2D eigenvalue weighted by atomic mass is 16.2. The minimum absolute atomic E-state index is 0.103. The van der Waals surface area contributed by atoms with Gasteiger partial charge in [0.05, 0.1) is 5.69 Å². The van der Waals surface area contributed by atoms with E-state index in [9.17, 15) is 4.79 Å². The number of nitrogens with one attached hydrogen (secondary N) is 2. The summed E-state index contributed by atoms with van der Waals surface area (Å²) in [6, 6.07) is 9.44. The summed E-state index contributed by atoms with van der Waals surface area (Å²) >= 11 is 0. The largest absolute Gasteiger partial charge is 0.299 e. The molecule has 3 heteroatoms. The molecule has 3 nitrogen and oxygen atoms in total. The molecule has 0 saturated carbocycles. The summed E-state index contributed by atoms with van der Waals surface area (Å²) < 4.78 is 0. The standard InChI is InChI=1S/C8H10N2O.2C2H6/c1-7(11)9-10-8-5-3-2-4-6-8;2*1-2/h2-6,10H,1H3,(H,9,11);2*1-2H3. The fourth-order valence-corrected chi connectivity index (χ4v) is 0.682. The zero-order chi connectivity index (χ0) is 12.1. The van der Waals surface area contributed by atoms with Gasteiger partial charge in [-0.25, -0.2) is 0 Å². The molecule has 0 radical (unpaired) electrons. The van der Waals surface area contributed by atoms with Crippen molar-refractivity contribution in [3.63, 3.8) is 0 Å². The van der Waals surface area contributed by atoms with Crippen LogP contribution in [0.4, 0.5) is 5.69 Å². The lowest BCUT2D eigenvalue weighted by atomic mass is 10.3. The molecular weight excluding hydrogens is 188 g/mol. The third-order valence-corrected chi connectivity index (χ3v) is 1.16. The Kier molecular flexibility index (Phi) is 13.3. The number of anilines is 1. The highest BCUT2D eigenvalue weighted by Gasteiger charge is 1.88. The average molecular weight is 210 g/mol. The zero-order valence-electron chi connectivity index (χ0n) is 10.3. The van der Waals surface area contributed by atoms with Gasteiger partial charge in [-0.1, -0.05) is 45.9 Å². The van der Waals surface area contributed by atoms with E-state index in [0.29, 0.717) is 0 Å². The molecule has 0 heterocycles. The van der Waals surface area contributed by atoms with E-state index in [1.807, 2.05) is 58.0 Å². The van der Waals surface area contributed by atoms with Crippen molar-refractivity contribution in [1.82, 2.24) is 5.43 Å². The predicted octanol–water partition coefficient (Wildman–Crippen LogP) is 3.20. The highest BCUT2D eigenvalue weighted by Crippen LogP contribution is 2.01. The van der Waals surface area contributed by atoms with Gasteiger partial charge in [-0.05, 0) is 12.1 Å². The van der Waals surface area contributed by atoms with Gasteiger partial charge in [-0.15, -0.1) is 0 Å². The summed E-state index contributed by atoms with van der Waals surface area (Å²) in [4.78, 5) is 10.4. The highest BCUT2D eigenvalue weighted by molar-refractivity contribution is 5.74. The molecule has 0 atom stereocenters. The lowest BCUT2D eigenvalue weighted by molar-refractivity contribution is -0.118. The number of rotatable bonds is 2. The van der Waals surface area contributed by atoms with E-state index in [-0.39, 0.29) is 5.91 Å². The Hall–Kier alpha value is -1.51. The Bertz CT molecular complexity index is 235. The van der Waals surface area contributed by atoms with Crippen LogP contribution in [0.15, 0.2) is 30.3 Å². The first-order chi connectivity index (χ1) is 7.29. The van der Waals surface area contributed by atoms with Gasteiger partial charge >= 0.3 is 0 Å². The van der Waals surface area contributed by atoms with Crippen LogP contribution in [0, 0.1) is 0 Å². The quantitative estimate of drug-likeness (QED) is 0.736. The topological polar surface area (TPSA) is 41.1 Å². The van der Waals surface area contributed by atoms with E-state index in [1.54, 1.807) is 0 Å². The summed E-state index contributed by atoms with van der Waals surface area (Å²) in [5.41, 5.74) is 6.09. The second kappa shape index (κ2) is 12.5. The smallest absolute Gasteiger partial charge is 0.235 e. The molecule has 1 rings (SSSR count). The molecule has 1 aromatic carbocycles. The third-order valence-electron chi connectivity index (χ3n) is 1.16. The Labute approximate surface area is 92.9 Å². The number of hydrazine groups is 1. The van der Waals surface area contributed by atoms with Gasteiger partial charge < -0.3 is 0 Å². The van der Waals surface area contributed by atoms with Gasteiger partial charge in [-0.2, -0.15) is 0 Å². The first kappa shape index (κ1) is 15.9. The zero-order valence-corrected chi connectivity index (χ0v) is 10.3. The molecule has 0 bridgehead atoms. The monoisotopic (exact) mass is 210 g/mol. The van der Waals surface area contributed by atoms with Gasteiger partial charge in [0.25, 0.3) is 0 Å². The number of amides is 1. The predicted molar refractivity (Wildman–Crippen MR) is 66.6 cm³/mol. The van der Waals surface area contributed by atoms with Crippen LogP contribution in [0.1, 0.15) is 34.6 Å². The Morgan fingerprint density at radius 2 is 1.47 bits per heavy atom. The van der Waals surface area contributed by atoms with Crippen LogP contribution in [0.3, 0.4) is 0 Å². The van der Waals surface area contributed by atoms with E-state index >= 15 is 0 Å². The van der Waals surface area contributed by atoms with Crippen LogP contribution in [0.2, 0.25) is 0 Å². The summed E-state index contributed by atoms with van der Waals surface area (Å²) in [6.07, 6.45) is 0. The summed E-state index contributed by atoms with van der Waals surface area (Å²) in [6.45, 7) is 9.45. The van der Waals surface area contributed by atoms with Gasteiger partial charge in [0.2, 0.25) is 5.91 Å². The molecule has 0 saturated heterocycles. The SMILES string of the molecule is CC.CC.CC(=O)NNc1ccccc1. The van der Waals surface area contributed by atoms with Crippen molar-refractivity contribution < 1.29 is 4.79 Å².